The van der Waals surface area contributed by atoms with Crippen LogP contribution in [0.4, 0.5) is 4.79 Å². The van der Waals surface area contributed by atoms with Crippen LogP contribution in [0.3, 0.4) is 0 Å². The van der Waals surface area contributed by atoms with E-state index in [1.165, 1.54) is 19.3 Å². The molecule has 3 aliphatic rings. The molecule has 5 nitrogen and oxygen atoms in total. The van der Waals surface area contributed by atoms with Crippen LogP contribution in [0.15, 0.2) is 0 Å². The Morgan fingerprint density at radius 2 is 1.80 bits per heavy atom. The van der Waals surface area contributed by atoms with Gasteiger partial charge in [-0.15, -0.1) is 0 Å². The van der Waals surface area contributed by atoms with Crippen LogP contribution < -0.4 is 10.6 Å². The van der Waals surface area contributed by atoms with Crippen molar-refractivity contribution in [3.8, 4) is 0 Å². The second kappa shape index (κ2) is 4.93. The van der Waals surface area contributed by atoms with Gasteiger partial charge in [0, 0.05) is 6.04 Å². The highest BCUT2D eigenvalue weighted by molar-refractivity contribution is 5.82. The third kappa shape index (κ3) is 2.38. The summed E-state index contributed by atoms with van der Waals surface area (Å²) in [7, 11) is 0. The van der Waals surface area contributed by atoms with Gasteiger partial charge in [0.25, 0.3) is 0 Å². The van der Waals surface area contributed by atoms with E-state index in [4.69, 9.17) is 5.11 Å². The number of aliphatic carboxylic acids is 1. The van der Waals surface area contributed by atoms with Crippen molar-refractivity contribution >= 4 is 12.0 Å². The first-order valence-corrected chi connectivity index (χ1v) is 7.77. The van der Waals surface area contributed by atoms with Gasteiger partial charge in [-0.3, -0.25) is 0 Å². The second-order valence-corrected chi connectivity index (χ2v) is 7.15. The van der Waals surface area contributed by atoms with Crippen LogP contribution in [-0.2, 0) is 4.79 Å². The Bertz CT molecular complexity index is 407. The lowest BCUT2D eigenvalue weighted by Gasteiger charge is -2.18. The number of amides is 2. The lowest BCUT2D eigenvalue weighted by Crippen LogP contribution is -2.48. The van der Waals surface area contributed by atoms with E-state index in [-0.39, 0.29) is 11.9 Å². The largest absolute Gasteiger partial charge is 0.480 e. The molecule has 0 aromatic rings. The molecule has 3 saturated carbocycles. The molecule has 0 aromatic carbocycles. The van der Waals surface area contributed by atoms with E-state index in [1.807, 2.05) is 13.8 Å². The summed E-state index contributed by atoms with van der Waals surface area (Å²) in [4.78, 5) is 23.1. The van der Waals surface area contributed by atoms with Crippen LogP contribution in [0.2, 0.25) is 0 Å². The van der Waals surface area contributed by atoms with Crippen molar-refractivity contribution in [1.82, 2.24) is 10.6 Å². The van der Waals surface area contributed by atoms with Crippen LogP contribution in [0.1, 0.15) is 39.5 Å². The van der Waals surface area contributed by atoms with Gasteiger partial charge >= 0.3 is 12.0 Å². The predicted octanol–water partition coefficient (Wildman–Crippen LogP) is 1.83. The smallest absolute Gasteiger partial charge is 0.326 e. The molecule has 3 rings (SSSR count). The zero-order chi connectivity index (χ0) is 14.4. The number of hydrogen-bond acceptors (Lipinski definition) is 2. The molecule has 0 radical (unpaired) electrons. The summed E-state index contributed by atoms with van der Waals surface area (Å²) in [6.07, 6.45) is 4.44. The number of fused-ring (bicyclic) bond motifs is 5. The summed E-state index contributed by atoms with van der Waals surface area (Å²) in [5.74, 6) is 2.25. The molecule has 3 aliphatic carbocycles. The van der Waals surface area contributed by atoms with Gasteiger partial charge in [0.1, 0.15) is 6.04 Å². The van der Waals surface area contributed by atoms with E-state index in [2.05, 4.69) is 10.6 Å². The van der Waals surface area contributed by atoms with Crippen molar-refractivity contribution in [2.45, 2.75) is 51.6 Å². The minimum absolute atomic E-state index is 0.243. The molecule has 0 heterocycles. The molecular formula is C15H24N2O3. The fourth-order valence-corrected chi connectivity index (χ4v) is 4.56. The first kappa shape index (κ1) is 13.7. The van der Waals surface area contributed by atoms with Crippen molar-refractivity contribution in [1.29, 1.82) is 0 Å². The molecule has 5 heteroatoms. The van der Waals surface area contributed by atoms with Crippen molar-refractivity contribution in [2.24, 2.45) is 29.6 Å². The second-order valence-electron chi connectivity index (χ2n) is 7.15. The number of carbonyl (C=O) groups excluding carboxylic acids is 1. The maximum absolute atomic E-state index is 12.0. The SMILES string of the molecule is CC(C)CC(NC(=O)NC1C2C3CCC(C3)C12)C(=O)O. The predicted molar refractivity (Wildman–Crippen MR) is 74.1 cm³/mol. The first-order valence-electron chi connectivity index (χ1n) is 7.77. The number of hydrogen-bond donors (Lipinski definition) is 3. The molecule has 20 heavy (non-hydrogen) atoms. The number of carboxylic acid groups (broad SMARTS) is 1. The molecule has 112 valence electrons. The fraction of sp³-hybridized carbons (Fsp3) is 0.867. The van der Waals surface area contributed by atoms with Gasteiger partial charge in [-0.1, -0.05) is 13.8 Å². The quantitative estimate of drug-likeness (QED) is 0.719. The third-order valence-electron chi connectivity index (χ3n) is 5.34. The highest BCUT2D eigenvalue weighted by Gasteiger charge is 2.65. The fourth-order valence-electron chi connectivity index (χ4n) is 4.56. The zero-order valence-electron chi connectivity index (χ0n) is 12.1. The van der Waals surface area contributed by atoms with Gasteiger partial charge in [0.2, 0.25) is 0 Å². The van der Waals surface area contributed by atoms with Crippen LogP contribution in [0.5, 0.6) is 0 Å². The summed E-state index contributed by atoms with van der Waals surface area (Å²) in [6.45, 7) is 3.91. The average Bonchev–Trinajstić information content (AvgIpc) is 2.76. The first-order chi connectivity index (χ1) is 9.47. The van der Waals surface area contributed by atoms with Crippen molar-refractivity contribution < 1.29 is 14.7 Å². The Hall–Kier alpha value is -1.26. The Labute approximate surface area is 119 Å². The molecule has 2 bridgehead atoms. The van der Waals surface area contributed by atoms with Crippen LogP contribution in [-0.4, -0.2) is 29.2 Å². The lowest BCUT2D eigenvalue weighted by molar-refractivity contribution is -0.139. The minimum Gasteiger partial charge on any atom is -0.480 e. The zero-order valence-corrected chi connectivity index (χ0v) is 12.1. The van der Waals surface area contributed by atoms with E-state index < -0.39 is 12.0 Å². The third-order valence-corrected chi connectivity index (χ3v) is 5.34. The topological polar surface area (TPSA) is 78.4 Å². The molecule has 3 N–H and O–H groups in total. The van der Waals surface area contributed by atoms with Gasteiger partial charge in [-0.05, 0) is 55.3 Å². The monoisotopic (exact) mass is 280 g/mol. The maximum Gasteiger partial charge on any atom is 0.326 e. The number of nitrogens with one attached hydrogen (secondary N) is 2. The summed E-state index contributed by atoms with van der Waals surface area (Å²) in [5.41, 5.74) is 0. The molecule has 5 unspecified atom stereocenters. The van der Waals surface area contributed by atoms with Gasteiger partial charge in [-0.2, -0.15) is 0 Å². The van der Waals surface area contributed by atoms with E-state index in [0.717, 1.165) is 11.8 Å². The van der Waals surface area contributed by atoms with Gasteiger partial charge in [0.05, 0.1) is 0 Å². The molecule has 2 amide bonds. The normalized spacial score (nSPS) is 38.5. The lowest BCUT2D eigenvalue weighted by atomic mass is 10.0. The Morgan fingerprint density at radius 3 is 2.30 bits per heavy atom. The minimum atomic E-state index is -0.954. The van der Waals surface area contributed by atoms with Crippen molar-refractivity contribution in [2.75, 3.05) is 0 Å². The van der Waals surface area contributed by atoms with Crippen molar-refractivity contribution in [3.63, 3.8) is 0 Å². The number of rotatable bonds is 5. The van der Waals surface area contributed by atoms with E-state index >= 15 is 0 Å². The number of carboxylic acids is 1. The molecule has 0 aliphatic heterocycles. The Balaban J connectivity index is 1.49. The van der Waals surface area contributed by atoms with Crippen LogP contribution in [0, 0.1) is 29.6 Å². The standard InChI is InChI=1S/C15H24N2O3/c1-7(2)5-10(14(18)19)16-15(20)17-13-11-8-3-4-9(6-8)12(11)13/h7-13H,3-6H2,1-2H3,(H,18,19)(H2,16,17,20). The average molecular weight is 280 g/mol. The highest BCUT2D eigenvalue weighted by atomic mass is 16.4. The number of urea groups is 1. The molecule has 0 spiro atoms. The van der Waals surface area contributed by atoms with Crippen molar-refractivity contribution in [3.05, 3.63) is 0 Å². The summed E-state index contributed by atoms with van der Waals surface area (Å²) < 4.78 is 0. The van der Waals surface area contributed by atoms with Crippen LogP contribution >= 0.6 is 0 Å². The molecular weight excluding hydrogens is 256 g/mol. The molecule has 0 aromatic heterocycles. The van der Waals surface area contributed by atoms with Gasteiger partial charge < -0.3 is 15.7 Å². The van der Waals surface area contributed by atoms with Gasteiger partial charge in [-0.25, -0.2) is 9.59 Å². The summed E-state index contributed by atoms with van der Waals surface area (Å²) >= 11 is 0. The van der Waals surface area contributed by atoms with Gasteiger partial charge in [0.15, 0.2) is 0 Å². The van der Waals surface area contributed by atoms with E-state index in [0.29, 0.717) is 24.3 Å². The van der Waals surface area contributed by atoms with E-state index in [1.54, 1.807) is 0 Å². The van der Waals surface area contributed by atoms with Crippen LogP contribution in [0.25, 0.3) is 0 Å². The molecule has 3 fully saturated rings. The Morgan fingerprint density at radius 1 is 1.20 bits per heavy atom. The summed E-state index contributed by atoms with van der Waals surface area (Å²) in [5, 5.41) is 14.7. The van der Waals surface area contributed by atoms with E-state index in [9.17, 15) is 9.59 Å². The number of carbonyl (C=O) groups is 2. The highest BCUT2D eigenvalue weighted by Crippen LogP contribution is 2.65. The maximum atomic E-state index is 12.0. The Kier molecular flexibility index (Phi) is 3.38. The summed E-state index contributed by atoms with van der Waals surface area (Å²) in [6, 6.07) is -0.795. The molecule has 5 atom stereocenters. The molecule has 0 saturated heterocycles.